The molecule has 0 unspecified atom stereocenters. The average Bonchev–Trinajstić information content (AvgIpc) is 3.28. The normalized spacial score (nSPS) is 21.7. The zero-order chi connectivity index (χ0) is 22.7. The summed E-state index contributed by atoms with van der Waals surface area (Å²) in [5.74, 6) is 0.715. The third kappa shape index (κ3) is 3.86. The molecule has 0 radical (unpaired) electrons. The molecule has 1 saturated heterocycles. The Kier molecular flexibility index (Phi) is 4.99. The van der Waals surface area contributed by atoms with E-state index < -0.39 is 27.4 Å². The van der Waals surface area contributed by atoms with Crippen LogP contribution in [0.5, 0.6) is 0 Å². The summed E-state index contributed by atoms with van der Waals surface area (Å²) < 4.78 is 37.4. The van der Waals surface area contributed by atoms with E-state index in [2.05, 4.69) is 19.6 Å². The van der Waals surface area contributed by atoms with Gasteiger partial charge >= 0.3 is 6.09 Å². The molecule has 5 rings (SSSR count). The summed E-state index contributed by atoms with van der Waals surface area (Å²) in [7, 11) is -3.50. The van der Waals surface area contributed by atoms with Crippen molar-refractivity contribution in [3.05, 3.63) is 18.6 Å². The predicted molar refractivity (Wildman–Crippen MR) is 120 cm³/mol. The van der Waals surface area contributed by atoms with Gasteiger partial charge in [0.25, 0.3) is 10.2 Å². The third-order valence-electron chi connectivity index (χ3n) is 6.48. The molecule has 3 aliphatic rings. The van der Waals surface area contributed by atoms with Crippen molar-refractivity contribution in [1.29, 1.82) is 0 Å². The summed E-state index contributed by atoms with van der Waals surface area (Å²) in [5.41, 5.74) is -0.522. The summed E-state index contributed by atoms with van der Waals surface area (Å²) in [4.78, 5) is 23.5. The van der Waals surface area contributed by atoms with Gasteiger partial charge in [0.05, 0.1) is 10.9 Å². The molecule has 2 aliphatic carbocycles. The van der Waals surface area contributed by atoms with E-state index in [1.54, 1.807) is 10.5 Å². The molecule has 3 heterocycles. The van der Waals surface area contributed by atoms with Crippen LogP contribution in [0.3, 0.4) is 0 Å². The predicted octanol–water partition coefficient (Wildman–Crippen LogP) is 2.26. The number of nitrogens with one attached hydrogen (secondary N) is 1. The largest absolute Gasteiger partial charge is 0.443 e. The number of hydrogen-bond donors (Lipinski definition) is 1. The molecular weight excluding hydrogens is 432 g/mol. The molecule has 10 nitrogen and oxygen atoms in total. The number of hydrogen-bond acceptors (Lipinski definition) is 7. The maximum atomic E-state index is 13.0. The number of piperazine rings is 1. The highest BCUT2D eigenvalue weighted by Crippen LogP contribution is 2.46. The molecule has 1 N–H and O–H groups in total. The molecule has 174 valence electrons. The first-order valence-corrected chi connectivity index (χ1v) is 12.6. The van der Waals surface area contributed by atoms with Crippen LogP contribution in [0.25, 0.3) is 11.0 Å². The summed E-state index contributed by atoms with van der Waals surface area (Å²) in [5, 5.41) is 0.748. The van der Waals surface area contributed by atoms with Gasteiger partial charge < -0.3 is 9.64 Å². The topological polar surface area (TPSA) is 110 Å². The second-order valence-corrected chi connectivity index (χ2v) is 11.7. The molecule has 1 spiro atoms. The first kappa shape index (κ1) is 21.6. The molecular formula is C21H30N6O4S. The first-order valence-electron chi connectivity index (χ1n) is 11.2. The highest BCUT2D eigenvalue weighted by molar-refractivity contribution is 7.87. The smallest absolute Gasteiger partial charge is 0.420 e. The van der Waals surface area contributed by atoms with Crippen LogP contribution in [0.1, 0.15) is 52.9 Å². The van der Waals surface area contributed by atoms with Crippen molar-refractivity contribution >= 4 is 33.2 Å². The second-order valence-electron chi connectivity index (χ2n) is 10.1. The monoisotopic (exact) mass is 462 g/mol. The van der Waals surface area contributed by atoms with E-state index in [0.29, 0.717) is 31.1 Å². The molecule has 2 saturated carbocycles. The van der Waals surface area contributed by atoms with Crippen LogP contribution in [0, 0.1) is 0 Å². The second kappa shape index (κ2) is 7.39. The standard InChI is InChI=1S/C21H30N6O4S/c1-20(2,3)31-19(28)26-10-7-16-17(22-14-23-18(16)26)25-11-12-27(21(13-25)8-9-21)32(29,30)24-15-5-4-6-15/h7,10,14-15,24H,4-6,8-9,11-13H2,1-3H3. The number of rotatable bonds is 4. The van der Waals surface area contributed by atoms with Gasteiger partial charge in [0.2, 0.25) is 0 Å². The Morgan fingerprint density at radius 2 is 1.97 bits per heavy atom. The molecule has 1 aliphatic heterocycles. The minimum atomic E-state index is -3.50. The fourth-order valence-corrected chi connectivity index (χ4v) is 6.37. The van der Waals surface area contributed by atoms with E-state index in [9.17, 15) is 13.2 Å². The number of carbonyl (C=O) groups excluding carboxylic acids is 1. The fraction of sp³-hybridized carbons (Fsp3) is 0.667. The average molecular weight is 463 g/mol. The number of carbonyl (C=O) groups is 1. The highest BCUT2D eigenvalue weighted by atomic mass is 32.2. The van der Waals surface area contributed by atoms with Gasteiger partial charge in [0.15, 0.2) is 5.65 Å². The molecule has 0 amide bonds. The van der Waals surface area contributed by atoms with Crippen LogP contribution >= 0.6 is 0 Å². The van der Waals surface area contributed by atoms with Crippen LogP contribution in [0.4, 0.5) is 10.6 Å². The Morgan fingerprint density at radius 1 is 1.22 bits per heavy atom. The van der Waals surface area contributed by atoms with Crippen molar-refractivity contribution < 1.29 is 17.9 Å². The van der Waals surface area contributed by atoms with Crippen LogP contribution in [-0.2, 0) is 14.9 Å². The van der Waals surface area contributed by atoms with E-state index >= 15 is 0 Å². The summed E-state index contributed by atoms with van der Waals surface area (Å²) in [6, 6.07) is 1.89. The van der Waals surface area contributed by atoms with E-state index in [4.69, 9.17) is 4.74 Å². The maximum Gasteiger partial charge on any atom is 0.420 e. The van der Waals surface area contributed by atoms with Gasteiger partial charge in [0, 0.05) is 31.9 Å². The van der Waals surface area contributed by atoms with Gasteiger partial charge in [-0.15, -0.1) is 0 Å². The van der Waals surface area contributed by atoms with Crippen molar-refractivity contribution in [3.63, 3.8) is 0 Å². The van der Waals surface area contributed by atoms with Gasteiger partial charge in [-0.25, -0.2) is 19.3 Å². The van der Waals surface area contributed by atoms with Crippen molar-refractivity contribution in [2.45, 2.75) is 70.1 Å². The van der Waals surface area contributed by atoms with Gasteiger partial charge in [-0.1, -0.05) is 6.42 Å². The number of nitrogens with zero attached hydrogens (tertiary/aromatic N) is 5. The lowest BCUT2D eigenvalue weighted by molar-refractivity contribution is 0.0543. The van der Waals surface area contributed by atoms with Crippen LogP contribution in [0.15, 0.2) is 18.6 Å². The molecule has 2 aromatic rings. The number of aromatic nitrogens is 3. The van der Waals surface area contributed by atoms with Gasteiger partial charge in [-0.05, 0) is 52.5 Å². The zero-order valence-corrected chi connectivity index (χ0v) is 19.6. The summed E-state index contributed by atoms with van der Waals surface area (Å²) >= 11 is 0. The molecule has 0 aromatic carbocycles. The van der Waals surface area contributed by atoms with Crippen LogP contribution in [0.2, 0.25) is 0 Å². The van der Waals surface area contributed by atoms with E-state index in [-0.39, 0.29) is 6.04 Å². The Bertz CT molecular complexity index is 1150. The minimum Gasteiger partial charge on any atom is -0.443 e. The number of fused-ring (bicyclic) bond motifs is 1. The van der Waals surface area contributed by atoms with Crippen molar-refractivity contribution in [2.24, 2.45) is 0 Å². The maximum absolute atomic E-state index is 13.0. The number of ether oxygens (including phenoxy) is 1. The lowest BCUT2D eigenvalue weighted by Gasteiger charge is -2.42. The molecule has 2 aromatic heterocycles. The summed E-state index contributed by atoms with van der Waals surface area (Å²) in [6.07, 6.45) is 7.18. The molecule has 0 bridgehead atoms. The fourth-order valence-electron chi connectivity index (χ4n) is 4.52. The van der Waals surface area contributed by atoms with Crippen LogP contribution in [-0.4, -0.2) is 70.2 Å². The van der Waals surface area contributed by atoms with Gasteiger partial charge in [-0.2, -0.15) is 17.4 Å². The minimum absolute atomic E-state index is 0.0722. The van der Waals surface area contributed by atoms with E-state index in [1.165, 1.54) is 10.9 Å². The van der Waals surface area contributed by atoms with Crippen molar-refractivity contribution in [2.75, 3.05) is 24.5 Å². The van der Waals surface area contributed by atoms with Crippen LogP contribution < -0.4 is 9.62 Å². The molecule has 32 heavy (non-hydrogen) atoms. The van der Waals surface area contributed by atoms with Gasteiger partial charge in [-0.3, -0.25) is 0 Å². The molecule has 3 fully saturated rings. The molecule has 11 heteroatoms. The third-order valence-corrected chi connectivity index (χ3v) is 8.26. The summed E-state index contributed by atoms with van der Waals surface area (Å²) in [6.45, 7) is 6.96. The molecule has 0 atom stereocenters. The zero-order valence-electron chi connectivity index (χ0n) is 18.7. The van der Waals surface area contributed by atoms with Crippen molar-refractivity contribution in [3.8, 4) is 0 Å². The Hall–Kier alpha value is -2.24. The highest BCUT2D eigenvalue weighted by Gasteiger charge is 2.56. The van der Waals surface area contributed by atoms with E-state index in [1.807, 2.05) is 26.8 Å². The Balaban J connectivity index is 1.39. The lowest BCUT2D eigenvalue weighted by Crippen LogP contribution is -2.61. The first-order chi connectivity index (χ1) is 15.1. The van der Waals surface area contributed by atoms with Crippen molar-refractivity contribution in [1.82, 2.24) is 23.6 Å². The van der Waals surface area contributed by atoms with E-state index in [0.717, 1.165) is 37.5 Å². The van der Waals surface area contributed by atoms with Gasteiger partial charge in [0.1, 0.15) is 17.7 Å². The SMILES string of the molecule is CC(C)(C)OC(=O)n1ccc2c(N3CCN(S(=O)(=O)NC4CCC4)C4(CC4)C3)ncnc21. The Labute approximate surface area is 188 Å². The Morgan fingerprint density at radius 3 is 2.59 bits per heavy atom. The number of anilines is 1. The quantitative estimate of drug-likeness (QED) is 0.742. The lowest BCUT2D eigenvalue weighted by atomic mass is 9.94.